The maximum absolute atomic E-state index is 12.0. The van der Waals surface area contributed by atoms with Crippen molar-refractivity contribution in [2.24, 2.45) is 5.73 Å². The zero-order valence-corrected chi connectivity index (χ0v) is 9.38. The van der Waals surface area contributed by atoms with Crippen LogP contribution in [-0.4, -0.2) is 28.2 Å². The summed E-state index contributed by atoms with van der Waals surface area (Å²) >= 11 is 0. The number of anilines is 1. The van der Waals surface area contributed by atoms with Gasteiger partial charge in [0.25, 0.3) is 6.43 Å². The second-order valence-corrected chi connectivity index (χ2v) is 3.09. The molecule has 0 aliphatic heterocycles. The summed E-state index contributed by atoms with van der Waals surface area (Å²) < 4.78 is 25.0. The van der Waals surface area contributed by atoms with Crippen molar-refractivity contribution in [2.45, 2.75) is 25.9 Å². The first-order chi connectivity index (χ1) is 6.99. The minimum atomic E-state index is -2.47. The van der Waals surface area contributed by atoms with Gasteiger partial charge in [0.05, 0.1) is 6.04 Å². The Labute approximate surface area is 97.4 Å². The van der Waals surface area contributed by atoms with E-state index in [-0.39, 0.29) is 18.2 Å². The van der Waals surface area contributed by atoms with Crippen molar-refractivity contribution in [2.75, 3.05) is 5.32 Å². The molecule has 8 heteroatoms. The van der Waals surface area contributed by atoms with Crippen LogP contribution in [0.4, 0.5) is 14.6 Å². The van der Waals surface area contributed by atoms with Crippen molar-refractivity contribution < 1.29 is 13.6 Å². The van der Waals surface area contributed by atoms with Gasteiger partial charge in [-0.2, -0.15) is 5.10 Å². The number of alkyl halides is 2. The van der Waals surface area contributed by atoms with Gasteiger partial charge in [0.15, 0.2) is 5.82 Å². The van der Waals surface area contributed by atoms with Crippen LogP contribution in [0.5, 0.6) is 0 Å². The van der Waals surface area contributed by atoms with Gasteiger partial charge in [-0.25, -0.2) is 8.78 Å². The maximum atomic E-state index is 12.0. The molecular formula is C8H13ClF2N4O. The van der Waals surface area contributed by atoms with Crippen LogP contribution in [0.2, 0.25) is 0 Å². The summed E-state index contributed by atoms with van der Waals surface area (Å²) in [6.45, 7) is 1.03. The Hall–Kier alpha value is -1.21. The minimum Gasteiger partial charge on any atom is -0.320 e. The van der Waals surface area contributed by atoms with Gasteiger partial charge in [-0.1, -0.05) is 0 Å². The van der Waals surface area contributed by atoms with E-state index in [0.29, 0.717) is 0 Å². The highest BCUT2D eigenvalue weighted by molar-refractivity contribution is 5.93. The minimum absolute atomic E-state index is 0. The van der Waals surface area contributed by atoms with Crippen molar-refractivity contribution in [3.05, 3.63) is 12.3 Å². The van der Waals surface area contributed by atoms with E-state index in [1.165, 1.54) is 19.2 Å². The molecule has 1 heterocycles. The molecule has 0 bridgehead atoms. The van der Waals surface area contributed by atoms with Gasteiger partial charge in [-0.15, -0.1) is 12.4 Å². The van der Waals surface area contributed by atoms with Gasteiger partial charge in [0.1, 0.15) is 6.54 Å². The monoisotopic (exact) mass is 254 g/mol. The topological polar surface area (TPSA) is 72.9 Å². The molecule has 1 unspecified atom stereocenters. The number of carbonyl (C=O) groups is 1. The molecule has 1 aromatic rings. The lowest BCUT2D eigenvalue weighted by Gasteiger charge is -2.04. The second-order valence-electron chi connectivity index (χ2n) is 3.09. The Kier molecular flexibility index (Phi) is 5.91. The van der Waals surface area contributed by atoms with E-state index in [0.717, 1.165) is 4.68 Å². The number of hydrogen-bond donors (Lipinski definition) is 2. The number of carbonyl (C=O) groups excluding carboxylic acids is 1. The Morgan fingerprint density at radius 3 is 2.81 bits per heavy atom. The van der Waals surface area contributed by atoms with Gasteiger partial charge in [-0.05, 0) is 6.92 Å². The first-order valence-electron chi connectivity index (χ1n) is 4.37. The summed E-state index contributed by atoms with van der Waals surface area (Å²) in [5.41, 5.74) is 5.30. The molecule has 0 saturated carbocycles. The summed E-state index contributed by atoms with van der Waals surface area (Å²) in [5, 5.41) is 6.12. The average Bonchev–Trinajstić information content (AvgIpc) is 2.51. The predicted molar refractivity (Wildman–Crippen MR) is 57.8 cm³/mol. The van der Waals surface area contributed by atoms with E-state index < -0.39 is 24.9 Å². The van der Waals surface area contributed by atoms with Gasteiger partial charge in [-0.3, -0.25) is 9.48 Å². The van der Waals surface area contributed by atoms with Gasteiger partial charge in [0.2, 0.25) is 5.91 Å². The molecule has 0 radical (unpaired) electrons. The van der Waals surface area contributed by atoms with E-state index >= 15 is 0 Å². The normalized spacial score (nSPS) is 12.1. The Morgan fingerprint density at radius 2 is 2.31 bits per heavy atom. The average molecular weight is 255 g/mol. The number of hydrogen-bond acceptors (Lipinski definition) is 3. The molecule has 0 fully saturated rings. The van der Waals surface area contributed by atoms with E-state index in [4.69, 9.17) is 5.73 Å². The molecule has 0 saturated heterocycles. The highest BCUT2D eigenvalue weighted by Gasteiger charge is 2.10. The SMILES string of the molecule is CC(N)C(=O)Nc1ccn(CC(F)F)n1.Cl. The van der Waals surface area contributed by atoms with Crippen LogP contribution in [0.25, 0.3) is 0 Å². The molecule has 92 valence electrons. The zero-order chi connectivity index (χ0) is 11.4. The van der Waals surface area contributed by atoms with Crippen LogP contribution >= 0.6 is 12.4 Å². The lowest BCUT2D eigenvalue weighted by Crippen LogP contribution is -2.32. The van der Waals surface area contributed by atoms with Crippen LogP contribution in [0.1, 0.15) is 6.92 Å². The van der Waals surface area contributed by atoms with E-state index in [9.17, 15) is 13.6 Å². The maximum Gasteiger partial charge on any atom is 0.257 e. The van der Waals surface area contributed by atoms with E-state index in [2.05, 4.69) is 10.4 Å². The smallest absolute Gasteiger partial charge is 0.257 e. The molecule has 1 atom stereocenters. The van der Waals surface area contributed by atoms with Crippen LogP contribution in [0, 0.1) is 0 Å². The molecule has 1 rings (SSSR count). The fourth-order valence-corrected chi connectivity index (χ4v) is 0.912. The van der Waals surface area contributed by atoms with Crippen LogP contribution in [0.15, 0.2) is 12.3 Å². The molecule has 0 aliphatic carbocycles. The lowest BCUT2D eigenvalue weighted by atomic mass is 10.3. The molecule has 1 amide bonds. The molecule has 0 spiro atoms. The summed E-state index contributed by atoms with van der Waals surface area (Å²) in [5.74, 6) is -0.185. The fraction of sp³-hybridized carbons (Fsp3) is 0.500. The highest BCUT2D eigenvalue weighted by Crippen LogP contribution is 2.05. The van der Waals surface area contributed by atoms with Crippen LogP contribution in [0.3, 0.4) is 0 Å². The second kappa shape index (κ2) is 6.39. The summed E-state index contributed by atoms with van der Waals surface area (Å²) in [6, 6.07) is 0.771. The zero-order valence-electron chi connectivity index (χ0n) is 8.56. The number of nitrogens with one attached hydrogen (secondary N) is 1. The summed E-state index contributed by atoms with van der Waals surface area (Å²) in [6.07, 6.45) is -1.11. The van der Waals surface area contributed by atoms with Crippen molar-refractivity contribution in [3.63, 3.8) is 0 Å². The van der Waals surface area contributed by atoms with Gasteiger partial charge < -0.3 is 11.1 Å². The van der Waals surface area contributed by atoms with Gasteiger partial charge >= 0.3 is 0 Å². The third-order valence-electron chi connectivity index (χ3n) is 1.63. The largest absolute Gasteiger partial charge is 0.320 e. The number of rotatable bonds is 4. The predicted octanol–water partition coefficient (Wildman–Crippen LogP) is 0.856. The third-order valence-corrected chi connectivity index (χ3v) is 1.63. The van der Waals surface area contributed by atoms with Crippen LogP contribution < -0.4 is 11.1 Å². The quantitative estimate of drug-likeness (QED) is 0.837. The molecule has 0 aromatic carbocycles. The number of nitrogens with two attached hydrogens (primary N) is 1. The molecule has 1 aromatic heterocycles. The number of nitrogens with zero attached hydrogens (tertiary/aromatic N) is 2. The number of amides is 1. The van der Waals surface area contributed by atoms with E-state index in [1.54, 1.807) is 0 Å². The fourth-order valence-electron chi connectivity index (χ4n) is 0.912. The first-order valence-corrected chi connectivity index (χ1v) is 4.37. The highest BCUT2D eigenvalue weighted by atomic mass is 35.5. The van der Waals surface area contributed by atoms with Crippen LogP contribution in [-0.2, 0) is 11.3 Å². The van der Waals surface area contributed by atoms with Gasteiger partial charge in [0, 0.05) is 12.3 Å². The molecular weight excluding hydrogens is 242 g/mol. The number of halogens is 3. The number of aromatic nitrogens is 2. The molecule has 3 N–H and O–H groups in total. The summed E-state index contributed by atoms with van der Waals surface area (Å²) in [4.78, 5) is 11.1. The third kappa shape index (κ3) is 4.54. The Morgan fingerprint density at radius 1 is 1.69 bits per heavy atom. The standard InChI is InChI=1S/C8H12F2N4O.ClH/c1-5(11)8(15)12-7-2-3-14(13-7)4-6(9)10;/h2-3,5-6H,4,11H2,1H3,(H,12,13,15);1H. The molecule has 5 nitrogen and oxygen atoms in total. The molecule has 0 aliphatic rings. The van der Waals surface area contributed by atoms with Crippen molar-refractivity contribution in [3.8, 4) is 0 Å². The molecule has 16 heavy (non-hydrogen) atoms. The first kappa shape index (κ1) is 14.8. The van der Waals surface area contributed by atoms with Crippen molar-refractivity contribution in [1.29, 1.82) is 0 Å². The Bertz CT molecular complexity index is 343. The Balaban J connectivity index is 0.00000225. The summed E-state index contributed by atoms with van der Waals surface area (Å²) in [7, 11) is 0. The van der Waals surface area contributed by atoms with E-state index in [1.807, 2.05) is 0 Å². The lowest BCUT2D eigenvalue weighted by molar-refractivity contribution is -0.117. The van der Waals surface area contributed by atoms with Crippen molar-refractivity contribution in [1.82, 2.24) is 9.78 Å². The van der Waals surface area contributed by atoms with Crippen molar-refractivity contribution >= 4 is 24.1 Å².